The molecule has 0 saturated carbocycles. The maximum Gasteiger partial charge on any atom is 0.201 e. The van der Waals surface area contributed by atoms with Gasteiger partial charge in [-0.2, -0.15) is 0 Å². The molecule has 1 aromatic heterocycles. The van der Waals surface area contributed by atoms with Crippen LogP contribution in [0, 0.1) is 0 Å². The van der Waals surface area contributed by atoms with Gasteiger partial charge in [0.2, 0.25) is 5.95 Å². The van der Waals surface area contributed by atoms with E-state index in [4.69, 9.17) is 5.73 Å². The van der Waals surface area contributed by atoms with Crippen molar-refractivity contribution in [3.63, 3.8) is 0 Å². The number of nitrogens with two attached hydrogens (primary N) is 1. The summed E-state index contributed by atoms with van der Waals surface area (Å²) in [4.78, 5) is 6.92. The van der Waals surface area contributed by atoms with Crippen molar-refractivity contribution in [2.75, 3.05) is 23.7 Å². The number of aromatic nitrogens is 2. The minimum atomic E-state index is 0.587. The van der Waals surface area contributed by atoms with Crippen molar-refractivity contribution in [1.29, 1.82) is 0 Å². The second-order valence-electron chi connectivity index (χ2n) is 4.72. The van der Waals surface area contributed by atoms with Crippen LogP contribution < -0.4 is 10.6 Å². The van der Waals surface area contributed by atoms with Crippen LogP contribution in [0.5, 0.6) is 0 Å². The van der Waals surface area contributed by atoms with E-state index in [0.29, 0.717) is 5.95 Å². The van der Waals surface area contributed by atoms with Gasteiger partial charge < -0.3 is 15.2 Å². The molecule has 2 aromatic rings. The van der Waals surface area contributed by atoms with Crippen LogP contribution in [0.3, 0.4) is 0 Å². The van der Waals surface area contributed by atoms with Crippen LogP contribution in [0.2, 0.25) is 0 Å². The average molecular weight is 230 g/mol. The number of para-hydroxylation sites is 1. The number of imidazole rings is 1. The number of hydrogen-bond donors (Lipinski definition) is 1. The normalized spacial score (nSPS) is 16.6. The SMILES string of the molecule is Cn1c(N)nc2c(N3CCCCC3)cccc21. The average Bonchev–Trinajstić information content (AvgIpc) is 2.67. The molecule has 0 unspecified atom stereocenters. The van der Waals surface area contributed by atoms with Crippen LogP contribution in [0.15, 0.2) is 18.2 Å². The third-order valence-corrected chi connectivity index (χ3v) is 3.62. The molecule has 1 fully saturated rings. The lowest BCUT2D eigenvalue weighted by atomic mass is 10.1. The van der Waals surface area contributed by atoms with Gasteiger partial charge in [0.15, 0.2) is 0 Å². The van der Waals surface area contributed by atoms with Gasteiger partial charge in [0.05, 0.1) is 11.2 Å². The van der Waals surface area contributed by atoms with Crippen LogP contribution in [0.25, 0.3) is 11.0 Å². The summed E-state index contributed by atoms with van der Waals surface area (Å²) < 4.78 is 1.95. The Labute approximate surface area is 101 Å². The Balaban J connectivity index is 2.12. The molecule has 90 valence electrons. The van der Waals surface area contributed by atoms with E-state index in [1.54, 1.807) is 0 Å². The lowest BCUT2D eigenvalue weighted by Crippen LogP contribution is -2.29. The van der Waals surface area contributed by atoms with Gasteiger partial charge in [0.1, 0.15) is 5.52 Å². The summed E-state index contributed by atoms with van der Waals surface area (Å²) in [7, 11) is 1.96. The number of hydrogen-bond acceptors (Lipinski definition) is 3. The standard InChI is InChI=1S/C13H18N4/c1-16-10-6-5-7-11(12(10)15-13(16)14)17-8-3-2-4-9-17/h5-7H,2-4,8-9H2,1H3,(H2,14,15). The molecule has 0 aliphatic carbocycles. The first-order chi connectivity index (χ1) is 8.27. The van der Waals surface area contributed by atoms with Crippen molar-refractivity contribution in [3.05, 3.63) is 18.2 Å². The minimum absolute atomic E-state index is 0.587. The largest absolute Gasteiger partial charge is 0.370 e. The molecule has 0 bridgehead atoms. The molecule has 0 atom stereocenters. The van der Waals surface area contributed by atoms with Crippen molar-refractivity contribution in [2.45, 2.75) is 19.3 Å². The molecular formula is C13H18N4. The van der Waals surface area contributed by atoms with E-state index >= 15 is 0 Å². The summed E-state index contributed by atoms with van der Waals surface area (Å²) in [6.45, 7) is 2.27. The quantitative estimate of drug-likeness (QED) is 0.816. The zero-order chi connectivity index (χ0) is 11.8. The van der Waals surface area contributed by atoms with Gasteiger partial charge in [-0.3, -0.25) is 0 Å². The summed E-state index contributed by atoms with van der Waals surface area (Å²) in [5, 5.41) is 0. The fourth-order valence-electron chi connectivity index (χ4n) is 2.61. The van der Waals surface area contributed by atoms with Gasteiger partial charge >= 0.3 is 0 Å². The highest BCUT2D eigenvalue weighted by molar-refractivity contribution is 5.90. The Morgan fingerprint density at radius 3 is 2.71 bits per heavy atom. The van der Waals surface area contributed by atoms with E-state index in [-0.39, 0.29) is 0 Å². The van der Waals surface area contributed by atoms with Gasteiger partial charge in [0.25, 0.3) is 0 Å². The third-order valence-electron chi connectivity index (χ3n) is 3.62. The number of aryl methyl sites for hydroxylation is 1. The first kappa shape index (κ1) is 10.4. The van der Waals surface area contributed by atoms with Crippen LogP contribution >= 0.6 is 0 Å². The molecule has 1 aliphatic rings. The summed E-state index contributed by atoms with van der Waals surface area (Å²) in [6, 6.07) is 6.32. The lowest BCUT2D eigenvalue weighted by Gasteiger charge is -2.28. The minimum Gasteiger partial charge on any atom is -0.370 e. The van der Waals surface area contributed by atoms with Gasteiger partial charge in [-0.25, -0.2) is 4.98 Å². The predicted octanol–water partition coefficient (Wildman–Crippen LogP) is 2.15. The molecule has 17 heavy (non-hydrogen) atoms. The molecule has 1 saturated heterocycles. The molecule has 4 nitrogen and oxygen atoms in total. The zero-order valence-corrected chi connectivity index (χ0v) is 10.2. The molecule has 2 N–H and O–H groups in total. The topological polar surface area (TPSA) is 47.1 Å². The fourth-order valence-corrected chi connectivity index (χ4v) is 2.61. The highest BCUT2D eigenvalue weighted by atomic mass is 15.2. The molecule has 4 heteroatoms. The van der Waals surface area contributed by atoms with Gasteiger partial charge in [0, 0.05) is 20.1 Å². The van der Waals surface area contributed by atoms with Crippen molar-refractivity contribution >= 4 is 22.7 Å². The van der Waals surface area contributed by atoms with Crippen LogP contribution in [0.1, 0.15) is 19.3 Å². The monoisotopic (exact) mass is 230 g/mol. The Kier molecular flexibility index (Phi) is 2.42. The Morgan fingerprint density at radius 1 is 1.18 bits per heavy atom. The second-order valence-corrected chi connectivity index (χ2v) is 4.72. The number of piperidine rings is 1. The maximum atomic E-state index is 5.88. The summed E-state index contributed by atoms with van der Waals surface area (Å²) in [5.74, 6) is 0.587. The predicted molar refractivity (Wildman–Crippen MR) is 71.2 cm³/mol. The number of benzene rings is 1. The van der Waals surface area contributed by atoms with E-state index in [9.17, 15) is 0 Å². The van der Waals surface area contributed by atoms with Gasteiger partial charge in [-0.1, -0.05) is 6.07 Å². The van der Waals surface area contributed by atoms with Gasteiger partial charge in [-0.15, -0.1) is 0 Å². The first-order valence-electron chi connectivity index (χ1n) is 6.23. The van der Waals surface area contributed by atoms with Crippen molar-refractivity contribution in [2.24, 2.45) is 7.05 Å². The number of nitrogen functional groups attached to an aromatic ring is 1. The fraction of sp³-hybridized carbons (Fsp3) is 0.462. The highest BCUT2D eigenvalue weighted by Crippen LogP contribution is 2.29. The van der Waals surface area contributed by atoms with E-state index in [1.807, 2.05) is 11.6 Å². The van der Waals surface area contributed by atoms with Crippen LogP contribution in [-0.4, -0.2) is 22.6 Å². The van der Waals surface area contributed by atoms with Crippen LogP contribution in [0.4, 0.5) is 11.6 Å². The Bertz CT molecular complexity index is 538. The number of nitrogens with zero attached hydrogens (tertiary/aromatic N) is 3. The second kappa shape index (κ2) is 3.95. The zero-order valence-electron chi connectivity index (χ0n) is 10.2. The van der Waals surface area contributed by atoms with Crippen molar-refractivity contribution < 1.29 is 0 Å². The molecule has 0 spiro atoms. The highest BCUT2D eigenvalue weighted by Gasteiger charge is 2.16. The first-order valence-corrected chi connectivity index (χ1v) is 6.23. The number of rotatable bonds is 1. The lowest BCUT2D eigenvalue weighted by molar-refractivity contribution is 0.579. The summed E-state index contributed by atoms with van der Waals surface area (Å²) in [6.07, 6.45) is 3.90. The summed E-state index contributed by atoms with van der Waals surface area (Å²) in [5.41, 5.74) is 9.27. The van der Waals surface area contributed by atoms with Crippen molar-refractivity contribution in [1.82, 2.24) is 9.55 Å². The molecule has 0 amide bonds. The smallest absolute Gasteiger partial charge is 0.201 e. The third kappa shape index (κ3) is 1.64. The number of anilines is 2. The van der Waals surface area contributed by atoms with E-state index < -0.39 is 0 Å². The maximum absolute atomic E-state index is 5.88. The molecule has 2 heterocycles. The Hall–Kier alpha value is -1.71. The Morgan fingerprint density at radius 2 is 1.94 bits per heavy atom. The molecule has 0 radical (unpaired) electrons. The summed E-state index contributed by atoms with van der Waals surface area (Å²) >= 11 is 0. The van der Waals surface area contributed by atoms with E-state index in [1.165, 1.54) is 24.9 Å². The van der Waals surface area contributed by atoms with E-state index in [2.05, 4.69) is 28.1 Å². The molecule has 3 rings (SSSR count). The molecule has 1 aromatic carbocycles. The van der Waals surface area contributed by atoms with Crippen molar-refractivity contribution in [3.8, 4) is 0 Å². The van der Waals surface area contributed by atoms with E-state index in [0.717, 1.165) is 24.1 Å². The molecular weight excluding hydrogens is 212 g/mol. The number of fused-ring (bicyclic) bond motifs is 1. The van der Waals surface area contributed by atoms with Crippen LogP contribution in [-0.2, 0) is 7.05 Å². The molecule has 1 aliphatic heterocycles. The van der Waals surface area contributed by atoms with Gasteiger partial charge in [-0.05, 0) is 31.4 Å².